The van der Waals surface area contributed by atoms with Crippen molar-refractivity contribution in [2.24, 2.45) is 0 Å². The maximum absolute atomic E-state index is 12.1. The topological polar surface area (TPSA) is 64.1 Å². The van der Waals surface area contributed by atoms with Gasteiger partial charge in [0.05, 0.1) is 5.69 Å². The number of carbonyl (C=O) groups excluding carboxylic acids is 1. The third-order valence-electron chi connectivity index (χ3n) is 3.76. The van der Waals surface area contributed by atoms with Crippen LogP contribution in [0.2, 0.25) is 5.02 Å². The van der Waals surface area contributed by atoms with Crippen molar-refractivity contribution < 1.29 is 9.53 Å². The molecule has 1 N–H and O–H groups in total. The molecular weight excluding hydrogens is 362 g/mol. The predicted molar refractivity (Wildman–Crippen MR) is 107 cm³/mol. The number of hydrogen-bond acceptors (Lipinski definition) is 4. The van der Waals surface area contributed by atoms with Crippen molar-refractivity contribution in [1.29, 1.82) is 0 Å². The fourth-order valence-electron chi connectivity index (χ4n) is 2.39. The third-order valence-corrected chi connectivity index (χ3v) is 4.00. The number of hydrogen-bond donors (Lipinski definition) is 1. The Morgan fingerprint density at radius 1 is 1.22 bits per heavy atom. The zero-order chi connectivity index (χ0) is 19.1. The van der Waals surface area contributed by atoms with Gasteiger partial charge in [0.25, 0.3) is 0 Å². The second-order valence-corrected chi connectivity index (χ2v) is 6.29. The highest BCUT2D eigenvalue weighted by atomic mass is 35.5. The molecule has 1 aromatic heterocycles. The second-order valence-electron chi connectivity index (χ2n) is 5.85. The van der Waals surface area contributed by atoms with Gasteiger partial charge in [0.1, 0.15) is 18.7 Å². The first-order valence-electron chi connectivity index (χ1n) is 8.33. The van der Waals surface area contributed by atoms with Crippen LogP contribution < -0.4 is 10.1 Å². The van der Waals surface area contributed by atoms with Crippen molar-refractivity contribution in [3.63, 3.8) is 0 Å². The van der Waals surface area contributed by atoms with Gasteiger partial charge < -0.3 is 10.1 Å². The SMILES string of the molecule is Cc1cc(OCc2cccc(Cl)c2)ccc1NC(=O)/C=C/c1ccncn1. The van der Waals surface area contributed by atoms with Crippen molar-refractivity contribution >= 4 is 29.3 Å². The fraction of sp³-hybridized carbons (Fsp3) is 0.0952. The van der Waals surface area contributed by atoms with Crippen molar-refractivity contribution in [3.05, 3.63) is 89.0 Å². The summed E-state index contributed by atoms with van der Waals surface area (Å²) >= 11 is 5.98. The van der Waals surface area contributed by atoms with Crippen LogP contribution in [-0.2, 0) is 11.4 Å². The Hall–Kier alpha value is -3.18. The number of nitrogens with zero attached hydrogens (tertiary/aromatic N) is 2. The van der Waals surface area contributed by atoms with E-state index in [9.17, 15) is 4.79 Å². The number of rotatable bonds is 6. The average molecular weight is 380 g/mol. The van der Waals surface area contributed by atoms with E-state index in [0.717, 1.165) is 22.6 Å². The van der Waals surface area contributed by atoms with Crippen LogP contribution >= 0.6 is 11.6 Å². The lowest BCUT2D eigenvalue weighted by Gasteiger charge is -2.11. The molecule has 3 aromatic rings. The number of benzene rings is 2. The lowest BCUT2D eigenvalue weighted by molar-refractivity contribution is -0.111. The minimum atomic E-state index is -0.232. The van der Waals surface area contributed by atoms with Crippen molar-refractivity contribution in [2.75, 3.05) is 5.32 Å². The number of anilines is 1. The number of carbonyl (C=O) groups is 1. The van der Waals surface area contributed by atoms with E-state index in [0.29, 0.717) is 17.3 Å². The minimum absolute atomic E-state index is 0.232. The first kappa shape index (κ1) is 18.6. The highest BCUT2D eigenvalue weighted by Crippen LogP contribution is 2.22. The molecule has 6 heteroatoms. The zero-order valence-corrected chi connectivity index (χ0v) is 15.5. The van der Waals surface area contributed by atoms with Crippen molar-refractivity contribution in [1.82, 2.24) is 9.97 Å². The monoisotopic (exact) mass is 379 g/mol. The summed E-state index contributed by atoms with van der Waals surface area (Å²) in [5.41, 5.74) is 3.29. The largest absolute Gasteiger partial charge is 0.489 e. The molecule has 0 fully saturated rings. The quantitative estimate of drug-likeness (QED) is 0.632. The molecule has 5 nitrogen and oxygen atoms in total. The molecule has 0 radical (unpaired) electrons. The molecular formula is C21H18ClN3O2. The third kappa shape index (κ3) is 5.66. The summed E-state index contributed by atoms with van der Waals surface area (Å²) in [4.78, 5) is 20.0. The van der Waals surface area contributed by atoms with Crippen LogP contribution in [0.5, 0.6) is 5.75 Å². The van der Waals surface area contributed by atoms with Gasteiger partial charge in [-0.25, -0.2) is 9.97 Å². The van der Waals surface area contributed by atoms with Gasteiger partial charge in [-0.05, 0) is 60.5 Å². The van der Waals surface area contributed by atoms with Gasteiger partial charge in [-0.3, -0.25) is 4.79 Å². The summed E-state index contributed by atoms with van der Waals surface area (Å²) in [6, 6.07) is 14.8. The molecule has 0 unspecified atom stereocenters. The molecule has 0 aliphatic rings. The standard InChI is InChI=1S/C21H18ClN3O2/c1-15-11-19(27-13-16-3-2-4-17(22)12-16)6-7-20(15)25-21(26)8-5-18-9-10-23-14-24-18/h2-12,14H,13H2,1H3,(H,25,26)/b8-5+. The molecule has 136 valence electrons. The van der Waals surface area contributed by atoms with Crippen LogP contribution in [0.25, 0.3) is 6.08 Å². The maximum atomic E-state index is 12.1. The summed E-state index contributed by atoms with van der Waals surface area (Å²) in [6.45, 7) is 2.34. The van der Waals surface area contributed by atoms with Crippen LogP contribution in [-0.4, -0.2) is 15.9 Å². The molecule has 0 saturated heterocycles. The van der Waals surface area contributed by atoms with E-state index in [2.05, 4.69) is 15.3 Å². The first-order valence-corrected chi connectivity index (χ1v) is 8.71. The van der Waals surface area contributed by atoms with Crippen LogP contribution in [0.1, 0.15) is 16.8 Å². The zero-order valence-electron chi connectivity index (χ0n) is 14.7. The minimum Gasteiger partial charge on any atom is -0.489 e. The molecule has 0 spiro atoms. The number of nitrogens with one attached hydrogen (secondary N) is 1. The lowest BCUT2D eigenvalue weighted by Crippen LogP contribution is -2.09. The molecule has 1 amide bonds. The van der Waals surface area contributed by atoms with E-state index < -0.39 is 0 Å². The molecule has 0 aliphatic carbocycles. The molecule has 0 aliphatic heterocycles. The molecule has 0 atom stereocenters. The Kier molecular flexibility index (Phi) is 6.18. The van der Waals surface area contributed by atoms with Gasteiger partial charge in [-0.15, -0.1) is 0 Å². The Bertz CT molecular complexity index is 959. The second kappa shape index (κ2) is 8.96. The molecule has 1 heterocycles. The first-order chi connectivity index (χ1) is 13.1. The van der Waals surface area contributed by atoms with E-state index in [4.69, 9.17) is 16.3 Å². The summed E-state index contributed by atoms with van der Waals surface area (Å²) < 4.78 is 5.79. The van der Waals surface area contributed by atoms with Gasteiger partial charge in [0.15, 0.2) is 0 Å². The summed E-state index contributed by atoms with van der Waals surface area (Å²) in [5.74, 6) is 0.492. The summed E-state index contributed by atoms with van der Waals surface area (Å²) in [5, 5.41) is 3.53. The molecule has 2 aromatic carbocycles. The molecule has 27 heavy (non-hydrogen) atoms. The lowest BCUT2D eigenvalue weighted by atomic mass is 10.2. The Labute approximate surface area is 162 Å². The van der Waals surface area contributed by atoms with Crippen molar-refractivity contribution in [3.8, 4) is 5.75 Å². The Morgan fingerprint density at radius 2 is 2.11 bits per heavy atom. The summed E-state index contributed by atoms with van der Waals surface area (Å²) in [7, 11) is 0. The maximum Gasteiger partial charge on any atom is 0.248 e. The number of ether oxygens (including phenoxy) is 1. The van der Waals surface area contributed by atoms with Gasteiger partial charge in [0.2, 0.25) is 5.91 Å². The number of aromatic nitrogens is 2. The highest BCUT2D eigenvalue weighted by molar-refractivity contribution is 6.30. The van der Waals surface area contributed by atoms with Crippen LogP contribution in [0, 0.1) is 6.92 Å². The molecule has 0 saturated carbocycles. The van der Waals surface area contributed by atoms with Gasteiger partial charge >= 0.3 is 0 Å². The van der Waals surface area contributed by atoms with Crippen LogP contribution in [0.4, 0.5) is 5.69 Å². The predicted octanol–water partition coefficient (Wildman–Crippen LogP) is 4.67. The van der Waals surface area contributed by atoms with E-state index in [1.807, 2.05) is 49.4 Å². The van der Waals surface area contributed by atoms with Crippen molar-refractivity contribution in [2.45, 2.75) is 13.5 Å². The smallest absolute Gasteiger partial charge is 0.248 e. The van der Waals surface area contributed by atoms with E-state index in [1.54, 1.807) is 18.3 Å². The number of amides is 1. The van der Waals surface area contributed by atoms with E-state index in [-0.39, 0.29) is 5.91 Å². The average Bonchev–Trinajstić information content (AvgIpc) is 2.67. The van der Waals surface area contributed by atoms with Crippen LogP contribution in [0.3, 0.4) is 0 Å². The summed E-state index contributed by atoms with van der Waals surface area (Å²) in [6.07, 6.45) is 6.13. The Morgan fingerprint density at radius 3 is 2.85 bits per heavy atom. The molecule has 0 bridgehead atoms. The van der Waals surface area contributed by atoms with Gasteiger partial charge in [-0.1, -0.05) is 23.7 Å². The Balaban J connectivity index is 1.59. The molecule has 3 rings (SSSR count). The number of aryl methyl sites for hydroxylation is 1. The van der Waals surface area contributed by atoms with Crippen LogP contribution in [0.15, 0.2) is 67.1 Å². The number of halogens is 1. The normalized spacial score (nSPS) is 10.7. The fourth-order valence-corrected chi connectivity index (χ4v) is 2.61. The van der Waals surface area contributed by atoms with E-state index >= 15 is 0 Å². The van der Waals surface area contributed by atoms with Gasteiger partial charge in [-0.2, -0.15) is 0 Å². The van der Waals surface area contributed by atoms with Gasteiger partial charge in [0, 0.05) is 23.0 Å². The highest BCUT2D eigenvalue weighted by Gasteiger charge is 2.04. The van der Waals surface area contributed by atoms with E-state index in [1.165, 1.54) is 12.4 Å².